The van der Waals surface area contributed by atoms with Gasteiger partial charge in [0.2, 0.25) is 5.91 Å². The maximum Gasteiger partial charge on any atom is 0.239 e. The average molecular weight is 234 g/mol. The summed E-state index contributed by atoms with van der Waals surface area (Å²) in [7, 11) is 0.964. The van der Waals surface area contributed by atoms with Gasteiger partial charge in [-0.1, -0.05) is 0 Å². The van der Waals surface area contributed by atoms with Crippen LogP contribution in [0.15, 0.2) is 0 Å². The van der Waals surface area contributed by atoms with E-state index in [9.17, 15) is 9.00 Å². The third-order valence-electron chi connectivity index (χ3n) is 2.41. The van der Waals surface area contributed by atoms with Crippen LogP contribution in [0.2, 0.25) is 0 Å². The van der Waals surface area contributed by atoms with Crippen molar-refractivity contribution in [1.29, 1.82) is 0 Å². The third-order valence-corrected chi connectivity index (χ3v) is 3.22. The SMILES string of the molecule is CNC(C)(C)C(=O)NC(C)CCS(C)=O. The Labute approximate surface area is 94.7 Å². The second kappa shape index (κ2) is 6.23. The fourth-order valence-electron chi connectivity index (χ4n) is 0.933. The molecular formula is C10H22N2O2S. The molecule has 0 aromatic carbocycles. The van der Waals surface area contributed by atoms with Crippen molar-refractivity contribution in [3.05, 3.63) is 0 Å². The highest BCUT2D eigenvalue weighted by Crippen LogP contribution is 2.02. The predicted molar refractivity (Wildman–Crippen MR) is 64.3 cm³/mol. The van der Waals surface area contributed by atoms with Crippen LogP contribution in [0.5, 0.6) is 0 Å². The molecule has 0 heterocycles. The number of hydrogen-bond donors (Lipinski definition) is 2. The second-order valence-corrected chi connectivity index (χ2v) is 5.87. The van der Waals surface area contributed by atoms with E-state index in [1.54, 1.807) is 13.3 Å². The van der Waals surface area contributed by atoms with E-state index < -0.39 is 16.3 Å². The van der Waals surface area contributed by atoms with Crippen molar-refractivity contribution in [3.63, 3.8) is 0 Å². The number of amides is 1. The molecule has 0 saturated carbocycles. The van der Waals surface area contributed by atoms with Crippen LogP contribution in [0.4, 0.5) is 0 Å². The molecule has 0 spiro atoms. The summed E-state index contributed by atoms with van der Waals surface area (Å²) in [5, 5.41) is 5.83. The van der Waals surface area contributed by atoms with Crippen molar-refractivity contribution in [3.8, 4) is 0 Å². The van der Waals surface area contributed by atoms with Crippen LogP contribution in [0.3, 0.4) is 0 Å². The van der Waals surface area contributed by atoms with E-state index >= 15 is 0 Å². The molecule has 90 valence electrons. The molecule has 0 aromatic rings. The molecule has 1 amide bonds. The molecule has 15 heavy (non-hydrogen) atoms. The van der Waals surface area contributed by atoms with Gasteiger partial charge in [0.15, 0.2) is 0 Å². The monoisotopic (exact) mass is 234 g/mol. The summed E-state index contributed by atoms with van der Waals surface area (Å²) < 4.78 is 10.9. The molecule has 2 N–H and O–H groups in total. The van der Waals surface area contributed by atoms with Crippen LogP contribution in [-0.2, 0) is 15.6 Å². The molecule has 2 unspecified atom stereocenters. The summed E-state index contributed by atoms with van der Waals surface area (Å²) in [6, 6.07) is 0.0639. The van der Waals surface area contributed by atoms with Crippen molar-refractivity contribution < 1.29 is 9.00 Å². The van der Waals surface area contributed by atoms with Gasteiger partial charge in [0.1, 0.15) is 0 Å². The zero-order valence-electron chi connectivity index (χ0n) is 10.2. The Morgan fingerprint density at radius 2 is 2.00 bits per heavy atom. The molecule has 0 aromatic heterocycles. The lowest BCUT2D eigenvalue weighted by molar-refractivity contribution is -0.126. The lowest BCUT2D eigenvalue weighted by atomic mass is 10.0. The number of nitrogens with one attached hydrogen (secondary N) is 2. The normalized spacial score (nSPS) is 15.8. The third kappa shape index (κ3) is 5.89. The minimum Gasteiger partial charge on any atom is -0.352 e. The van der Waals surface area contributed by atoms with Gasteiger partial charge >= 0.3 is 0 Å². The summed E-state index contributed by atoms with van der Waals surface area (Å²) in [6.45, 7) is 5.58. The fourth-order valence-corrected chi connectivity index (χ4v) is 1.62. The molecule has 0 aliphatic rings. The summed E-state index contributed by atoms with van der Waals surface area (Å²) in [5.41, 5.74) is -0.556. The second-order valence-electron chi connectivity index (χ2n) is 4.32. The largest absolute Gasteiger partial charge is 0.352 e. The number of rotatable bonds is 6. The van der Waals surface area contributed by atoms with Gasteiger partial charge in [-0.3, -0.25) is 9.00 Å². The van der Waals surface area contributed by atoms with E-state index in [0.29, 0.717) is 5.75 Å². The van der Waals surface area contributed by atoms with Crippen molar-refractivity contribution in [2.45, 2.75) is 38.8 Å². The van der Waals surface area contributed by atoms with Gasteiger partial charge in [-0.25, -0.2) is 0 Å². The number of carbonyl (C=O) groups is 1. The van der Waals surface area contributed by atoms with Crippen LogP contribution < -0.4 is 10.6 Å². The topological polar surface area (TPSA) is 58.2 Å². The highest BCUT2D eigenvalue weighted by Gasteiger charge is 2.25. The van der Waals surface area contributed by atoms with Crippen LogP contribution in [-0.4, -0.2) is 40.8 Å². The molecule has 4 nitrogen and oxygen atoms in total. The van der Waals surface area contributed by atoms with E-state index in [1.165, 1.54) is 0 Å². The Balaban J connectivity index is 4.01. The first-order valence-electron chi connectivity index (χ1n) is 5.09. The first-order valence-corrected chi connectivity index (χ1v) is 6.82. The van der Waals surface area contributed by atoms with E-state index in [4.69, 9.17) is 0 Å². The zero-order valence-corrected chi connectivity index (χ0v) is 11.0. The van der Waals surface area contributed by atoms with Gasteiger partial charge < -0.3 is 10.6 Å². The minimum atomic E-state index is -0.791. The molecule has 2 atom stereocenters. The maximum atomic E-state index is 11.7. The zero-order chi connectivity index (χ0) is 12.1. The van der Waals surface area contributed by atoms with Crippen molar-refractivity contribution in [1.82, 2.24) is 10.6 Å². The van der Waals surface area contributed by atoms with Crippen molar-refractivity contribution >= 4 is 16.7 Å². The molecular weight excluding hydrogens is 212 g/mol. The molecule has 5 heteroatoms. The summed E-state index contributed by atoms with van der Waals surface area (Å²) >= 11 is 0. The van der Waals surface area contributed by atoms with Crippen LogP contribution >= 0.6 is 0 Å². The molecule has 0 rings (SSSR count). The Bertz CT molecular complexity index is 242. The Kier molecular flexibility index (Phi) is 6.05. The average Bonchev–Trinajstić information content (AvgIpc) is 2.14. The minimum absolute atomic E-state index is 0.0283. The molecule has 0 radical (unpaired) electrons. The van der Waals surface area contributed by atoms with Crippen molar-refractivity contribution in [2.24, 2.45) is 0 Å². The standard InChI is InChI=1S/C10H22N2O2S/c1-8(6-7-15(5)14)12-9(13)10(2,3)11-4/h8,11H,6-7H2,1-5H3,(H,12,13). The summed E-state index contributed by atoms with van der Waals surface area (Å²) in [6.07, 6.45) is 2.42. The smallest absolute Gasteiger partial charge is 0.239 e. The highest BCUT2D eigenvalue weighted by atomic mass is 32.2. The highest BCUT2D eigenvalue weighted by molar-refractivity contribution is 7.84. The lowest BCUT2D eigenvalue weighted by Gasteiger charge is -2.25. The van der Waals surface area contributed by atoms with Gasteiger partial charge in [0, 0.05) is 28.9 Å². The maximum absolute atomic E-state index is 11.7. The molecule has 0 fully saturated rings. The lowest BCUT2D eigenvalue weighted by Crippen LogP contribution is -2.53. The number of likely N-dealkylation sites (N-methyl/N-ethyl adjacent to an activating group) is 1. The molecule has 0 aliphatic carbocycles. The van der Waals surface area contributed by atoms with Crippen molar-refractivity contribution in [2.75, 3.05) is 19.1 Å². The first-order chi connectivity index (χ1) is 6.79. The van der Waals surface area contributed by atoms with E-state index in [2.05, 4.69) is 10.6 Å². The van der Waals surface area contributed by atoms with Gasteiger partial charge in [-0.15, -0.1) is 0 Å². The van der Waals surface area contributed by atoms with Crippen LogP contribution in [0.1, 0.15) is 27.2 Å². The van der Waals surface area contributed by atoms with E-state index in [0.717, 1.165) is 6.42 Å². The van der Waals surface area contributed by atoms with Gasteiger partial charge in [0.25, 0.3) is 0 Å². The first kappa shape index (κ1) is 14.6. The van der Waals surface area contributed by atoms with Crippen LogP contribution in [0, 0.1) is 0 Å². The quantitative estimate of drug-likeness (QED) is 0.693. The number of hydrogen-bond acceptors (Lipinski definition) is 3. The molecule has 0 saturated heterocycles. The van der Waals surface area contributed by atoms with E-state index in [-0.39, 0.29) is 11.9 Å². The molecule has 0 aliphatic heterocycles. The fraction of sp³-hybridized carbons (Fsp3) is 0.900. The summed E-state index contributed by atoms with van der Waals surface area (Å²) in [4.78, 5) is 11.7. The Morgan fingerprint density at radius 1 is 1.47 bits per heavy atom. The predicted octanol–water partition coefficient (Wildman–Crippen LogP) is 0.258. The number of carbonyl (C=O) groups excluding carboxylic acids is 1. The van der Waals surface area contributed by atoms with Gasteiger partial charge in [0.05, 0.1) is 5.54 Å². The van der Waals surface area contributed by atoms with Crippen LogP contribution in [0.25, 0.3) is 0 Å². The molecule has 0 bridgehead atoms. The Morgan fingerprint density at radius 3 is 2.40 bits per heavy atom. The van der Waals surface area contributed by atoms with Gasteiger partial charge in [-0.05, 0) is 34.2 Å². The Hall–Kier alpha value is -0.420. The van der Waals surface area contributed by atoms with E-state index in [1.807, 2.05) is 20.8 Å². The van der Waals surface area contributed by atoms with Gasteiger partial charge in [-0.2, -0.15) is 0 Å². The summed E-state index contributed by atoms with van der Waals surface area (Å²) in [5.74, 6) is 0.598.